The van der Waals surface area contributed by atoms with Crippen LogP contribution in [0.2, 0.25) is 0 Å². The number of ether oxygens (including phenoxy) is 2. The molecule has 0 spiro atoms. The van der Waals surface area contributed by atoms with Gasteiger partial charge < -0.3 is 19.4 Å². The molecule has 2 amide bonds. The molecule has 2 aromatic carbocycles. The van der Waals surface area contributed by atoms with Crippen LogP contribution in [0.15, 0.2) is 48.5 Å². The number of hydrogen-bond acceptors (Lipinski definition) is 6. The molecule has 2 saturated heterocycles. The Kier molecular flexibility index (Phi) is 9.26. The van der Waals surface area contributed by atoms with E-state index < -0.39 is 47.4 Å². The maximum Gasteiger partial charge on any atom is 0.411 e. The molecule has 6 rings (SSSR count). The van der Waals surface area contributed by atoms with Crippen molar-refractivity contribution in [3.8, 4) is 33.6 Å². The van der Waals surface area contributed by atoms with E-state index in [1.165, 1.54) is 0 Å². The van der Waals surface area contributed by atoms with Crippen molar-refractivity contribution in [2.24, 2.45) is 0 Å². The summed E-state index contributed by atoms with van der Waals surface area (Å²) in [5.41, 5.74) is 2.01. The number of likely N-dealkylation sites (tertiary alicyclic amines) is 2. The predicted molar refractivity (Wildman–Crippen MR) is 186 cm³/mol. The van der Waals surface area contributed by atoms with Crippen molar-refractivity contribution in [3.05, 3.63) is 72.1 Å². The third-order valence-corrected chi connectivity index (χ3v) is 9.18. The van der Waals surface area contributed by atoms with Crippen molar-refractivity contribution in [2.45, 2.75) is 116 Å². The number of amides is 2. The molecule has 12 heteroatoms. The van der Waals surface area contributed by atoms with E-state index in [0.29, 0.717) is 35.6 Å². The minimum absolute atomic E-state index is 0.0608. The van der Waals surface area contributed by atoms with E-state index in [4.69, 9.17) is 9.47 Å². The van der Waals surface area contributed by atoms with Gasteiger partial charge in [-0.2, -0.15) is 8.78 Å². The topological polar surface area (TPSA) is 116 Å². The molecule has 0 aliphatic carbocycles. The standard InChI is InChI=1S/C38H46F2N6O4/c1-21-9-19-27(45(21)35(47)49-37(3,4)5)33-41-29(31(39)43-33)25-15-11-23(12-16-25)24-13-17-26(18-14-24)30-32(40)44-34(42-30)28-20-10-22(2)46(28)36(48)50-38(6,7)8/h11-18,21-22,27-28H,9-10,19-20H2,1-8H3,(H,41,43)(H,42,44)/t21-,22+,27-,28+. The van der Waals surface area contributed by atoms with Crippen LogP contribution in [0.5, 0.6) is 0 Å². The van der Waals surface area contributed by atoms with E-state index in [2.05, 4.69) is 19.9 Å². The van der Waals surface area contributed by atoms with E-state index in [9.17, 15) is 9.59 Å². The molecule has 2 fully saturated rings. The molecule has 50 heavy (non-hydrogen) atoms. The Morgan fingerprint density at radius 2 is 0.940 bits per heavy atom. The number of carbonyl (C=O) groups excluding carboxylic acids is 2. The lowest BCUT2D eigenvalue weighted by atomic mass is 10.0. The van der Waals surface area contributed by atoms with E-state index in [0.717, 1.165) is 24.0 Å². The summed E-state index contributed by atoms with van der Waals surface area (Å²) in [4.78, 5) is 44.0. The number of hydrogen-bond donors (Lipinski definition) is 2. The third kappa shape index (κ3) is 7.25. The lowest BCUT2D eigenvalue weighted by molar-refractivity contribution is 0.0140. The Morgan fingerprint density at radius 3 is 1.26 bits per heavy atom. The summed E-state index contributed by atoms with van der Waals surface area (Å²) in [7, 11) is 0. The SMILES string of the molecule is C[C@@H]1CC[C@H](c2nc(-c3ccc(-c4ccc(-c5nc([C@@H]6CC[C@H](C)N6C(=O)OC(C)(C)C)[nH]c5F)cc4)cc3)c(F)[nH]2)N1C(=O)OC(C)(C)C. The number of benzene rings is 2. The fraction of sp³-hybridized carbons (Fsp3) is 0.474. The Hall–Kier alpha value is -4.74. The molecule has 266 valence electrons. The third-order valence-electron chi connectivity index (χ3n) is 9.18. The van der Waals surface area contributed by atoms with Crippen LogP contribution < -0.4 is 0 Å². The molecule has 2 aromatic heterocycles. The second-order valence-corrected chi connectivity index (χ2v) is 15.4. The molecule has 0 saturated carbocycles. The van der Waals surface area contributed by atoms with Crippen molar-refractivity contribution in [1.29, 1.82) is 0 Å². The van der Waals surface area contributed by atoms with Gasteiger partial charge in [0.1, 0.15) is 34.2 Å². The van der Waals surface area contributed by atoms with Gasteiger partial charge in [-0.1, -0.05) is 48.5 Å². The minimum Gasteiger partial charge on any atom is -0.444 e. The number of rotatable bonds is 5. The smallest absolute Gasteiger partial charge is 0.411 e. The fourth-order valence-electron chi connectivity index (χ4n) is 6.83. The molecular formula is C38H46F2N6O4. The molecule has 2 aliphatic rings. The molecule has 4 heterocycles. The van der Waals surface area contributed by atoms with Gasteiger partial charge in [0.2, 0.25) is 11.9 Å². The van der Waals surface area contributed by atoms with Crippen molar-refractivity contribution in [3.63, 3.8) is 0 Å². The largest absolute Gasteiger partial charge is 0.444 e. The van der Waals surface area contributed by atoms with Gasteiger partial charge in [0, 0.05) is 23.2 Å². The Balaban J connectivity index is 1.17. The first-order chi connectivity index (χ1) is 23.5. The van der Waals surface area contributed by atoms with Crippen LogP contribution in [0.1, 0.15) is 105 Å². The van der Waals surface area contributed by atoms with Gasteiger partial charge in [-0.05, 0) is 92.2 Å². The molecule has 4 aromatic rings. The first-order valence-corrected chi connectivity index (χ1v) is 17.2. The van der Waals surface area contributed by atoms with Crippen LogP contribution >= 0.6 is 0 Å². The highest BCUT2D eigenvalue weighted by atomic mass is 19.1. The maximum atomic E-state index is 15.2. The van der Waals surface area contributed by atoms with Crippen molar-refractivity contribution < 1.29 is 27.8 Å². The highest BCUT2D eigenvalue weighted by Gasteiger charge is 2.41. The normalized spacial score (nSPS) is 21.2. The zero-order valence-electron chi connectivity index (χ0n) is 29.9. The molecule has 0 bridgehead atoms. The number of aromatic amines is 2. The number of nitrogens with zero attached hydrogens (tertiary/aromatic N) is 4. The predicted octanol–water partition coefficient (Wildman–Crippen LogP) is 9.33. The van der Waals surface area contributed by atoms with Crippen molar-refractivity contribution in [2.75, 3.05) is 0 Å². The first-order valence-electron chi connectivity index (χ1n) is 17.2. The van der Waals surface area contributed by atoms with Gasteiger partial charge >= 0.3 is 12.2 Å². The van der Waals surface area contributed by atoms with E-state index in [-0.39, 0.29) is 23.5 Å². The second-order valence-electron chi connectivity index (χ2n) is 15.4. The zero-order chi connectivity index (χ0) is 36.1. The van der Waals surface area contributed by atoms with E-state index >= 15 is 8.78 Å². The number of aromatic nitrogens is 4. The minimum atomic E-state index is -0.648. The zero-order valence-corrected chi connectivity index (χ0v) is 29.9. The highest BCUT2D eigenvalue weighted by Crippen LogP contribution is 2.39. The maximum absolute atomic E-state index is 15.2. The Morgan fingerprint density at radius 1 is 0.620 bits per heavy atom. The summed E-state index contributed by atoms with van der Waals surface area (Å²) in [5.74, 6) is -0.354. The molecule has 10 nitrogen and oxygen atoms in total. The molecule has 0 unspecified atom stereocenters. The number of halogens is 2. The molecule has 0 radical (unpaired) electrons. The average molecular weight is 689 g/mol. The molecular weight excluding hydrogens is 642 g/mol. The lowest BCUT2D eigenvalue weighted by Crippen LogP contribution is -2.40. The summed E-state index contributed by atoms with van der Waals surface area (Å²) >= 11 is 0. The summed E-state index contributed by atoms with van der Waals surface area (Å²) < 4.78 is 41.7. The number of H-pyrrole nitrogens is 2. The van der Waals surface area contributed by atoms with Gasteiger partial charge in [-0.25, -0.2) is 19.6 Å². The van der Waals surface area contributed by atoms with Gasteiger partial charge in [-0.3, -0.25) is 9.80 Å². The quantitative estimate of drug-likeness (QED) is 0.216. The Bertz CT molecular complexity index is 1720. The molecule has 2 aliphatic heterocycles. The van der Waals surface area contributed by atoms with E-state index in [1.54, 1.807) is 34.1 Å². The van der Waals surface area contributed by atoms with Crippen molar-refractivity contribution in [1.82, 2.24) is 29.7 Å². The molecule has 2 N–H and O–H groups in total. The Labute approximate surface area is 291 Å². The summed E-state index contributed by atoms with van der Waals surface area (Å²) in [5, 5.41) is 0. The van der Waals surface area contributed by atoms with E-state index in [1.807, 2.05) is 79.7 Å². The lowest BCUT2D eigenvalue weighted by Gasteiger charge is -2.30. The summed E-state index contributed by atoms with van der Waals surface area (Å²) in [6.45, 7) is 14.8. The number of imidazole rings is 2. The number of nitrogens with one attached hydrogen (secondary N) is 2. The fourth-order valence-corrected chi connectivity index (χ4v) is 6.83. The second kappa shape index (κ2) is 13.2. The number of carbonyl (C=O) groups is 2. The van der Waals surface area contributed by atoms with Gasteiger partial charge in [0.15, 0.2) is 0 Å². The van der Waals surface area contributed by atoms with Gasteiger partial charge in [0.05, 0.1) is 12.1 Å². The van der Waals surface area contributed by atoms with Gasteiger partial charge in [-0.15, -0.1) is 0 Å². The summed E-state index contributed by atoms with van der Waals surface area (Å²) in [6.07, 6.45) is 1.94. The van der Waals surface area contributed by atoms with Crippen LogP contribution in [0.4, 0.5) is 18.4 Å². The first kappa shape index (κ1) is 35.1. The molecule has 4 atom stereocenters. The van der Waals surface area contributed by atoms with Gasteiger partial charge in [0.25, 0.3) is 0 Å². The highest BCUT2D eigenvalue weighted by molar-refractivity contribution is 5.73. The van der Waals surface area contributed by atoms with Crippen molar-refractivity contribution >= 4 is 12.2 Å². The van der Waals surface area contributed by atoms with Crippen LogP contribution in [0, 0.1) is 11.9 Å². The van der Waals surface area contributed by atoms with Crippen LogP contribution in [-0.4, -0.2) is 65.2 Å². The summed E-state index contributed by atoms with van der Waals surface area (Å²) in [6, 6.07) is 13.8. The average Bonchev–Trinajstić information content (AvgIpc) is 3.80. The van der Waals surface area contributed by atoms with Crippen LogP contribution in [0.25, 0.3) is 33.6 Å². The monoisotopic (exact) mass is 688 g/mol. The van der Waals surface area contributed by atoms with Crippen LogP contribution in [0.3, 0.4) is 0 Å². The van der Waals surface area contributed by atoms with Crippen LogP contribution in [-0.2, 0) is 9.47 Å².